The predicted molar refractivity (Wildman–Crippen MR) is 154 cm³/mol. The molecule has 0 aliphatic heterocycles. The molecule has 0 bridgehead atoms. The average molecular weight is 587 g/mol. The molecule has 0 spiro atoms. The Morgan fingerprint density at radius 3 is 2.40 bits per heavy atom. The van der Waals surface area contributed by atoms with Crippen LogP contribution in [-0.2, 0) is 38.0 Å². The van der Waals surface area contributed by atoms with Crippen molar-refractivity contribution in [2.24, 2.45) is 0 Å². The normalized spacial score (nSPS) is 15.9. The van der Waals surface area contributed by atoms with Crippen LogP contribution in [0.5, 0.6) is 0 Å². The lowest BCUT2D eigenvalue weighted by atomic mass is 9.87. The molecule has 4 rings (SSSR count). The van der Waals surface area contributed by atoms with Crippen LogP contribution in [-0.4, -0.2) is 38.9 Å². The number of rotatable bonds is 12. The molecular weight excluding hydrogens is 552 g/mol. The van der Waals surface area contributed by atoms with Crippen LogP contribution in [0.4, 0.5) is 10.5 Å². The van der Waals surface area contributed by atoms with Gasteiger partial charge in [-0.2, -0.15) is 4.21 Å². The number of carbonyl (C=O) groups is 2. The minimum Gasteiger partial charge on any atom is -0.453 e. The molecule has 1 saturated carbocycles. The molecule has 2 aromatic carbocycles. The van der Waals surface area contributed by atoms with Gasteiger partial charge in [0.2, 0.25) is 5.91 Å². The van der Waals surface area contributed by atoms with Crippen molar-refractivity contribution in [3.63, 3.8) is 0 Å². The van der Waals surface area contributed by atoms with Gasteiger partial charge in [-0.3, -0.25) is 9.35 Å². The largest absolute Gasteiger partial charge is 0.453 e. The van der Waals surface area contributed by atoms with E-state index in [0.29, 0.717) is 24.4 Å². The maximum atomic E-state index is 13.6. The second kappa shape index (κ2) is 14.9. The van der Waals surface area contributed by atoms with Crippen LogP contribution in [0.25, 0.3) is 0 Å². The number of amides is 2. The number of hydrogen-bond donors (Lipinski definition) is 4. The fourth-order valence-corrected chi connectivity index (χ4v) is 5.93. The Kier molecular flexibility index (Phi) is 11.0. The van der Waals surface area contributed by atoms with Gasteiger partial charge in [0, 0.05) is 17.7 Å². The van der Waals surface area contributed by atoms with E-state index < -0.39 is 29.5 Å². The van der Waals surface area contributed by atoms with Gasteiger partial charge in [-0.25, -0.2) is 15.3 Å². The lowest BCUT2D eigenvalue weighted by Crippen LogP contribution is -2.49. The maximum Gasteiger partial charge on any atom is 0.407 e. The number of ether oxygens (including phenoxy) is 1. The van der Waals surface area contributed by atoms with Gasteiger partial charge in [-0.1, -0.05) is 61.7 Å². The van der Waals surface area contributed by atoms with Crippen molar-refractivity contribution in [1.29, 1.82) is 0 Å². The molecule has 10 nitrogen and oxygen atoms in total. The van der Waals surface area contributed by atoms with Crippen LogP contribution in [0.2, 0.25) is 0 Å². The van der Waals surface area contributed by atoms with E-state index in [1.807, 2.05) is 42.5 Å². The van der Waals surface area contributed by atoms with Gasteiger partial charge in [-0.15, -0.1) is 15.6 Å². The molecule has 2 amide bonds. The average Bonchev–Trinajstić information content (AvgIpc) is 3.47. The zero-order valence-electron chi connectivity index (χ0n) is 22.2. The van der Waals surface area contributed by atoms with E-state index in [4.69, 9.17) is 14.3 Å². The van der Waals surface area contributed by atoms with Gasteiger partial charge in [-0.05, 0) is 42.5 Å². The van der Waals surface area contributed by atoms with Crippen LogP contribution < -0.4 is 16.1 Å². The number of aromatic nitrogens is 1. The van der Waals surface area contributed by atoms with E-state index in [1.54, 1.807) is 12.1 Å². The number of carbonyl (C=O) groups excluding carboxylic acids is 2. The number of hydrogen-bond acceptors (Lipinski definition) is 8. The van der Waals surface area contributed by atoms with E-state index in [2.05, 4.69) is 25.8 Å². The molecule has 0 saturated heterocycles. The van der Waals surface area contributed by atoms with Gasteiger partial charge in [0.25, 0.3) is 0 Å². The number of nitrogens with zero attached hydrogens (tertiary/aromatic N) is 1. The van der Waals surface area contributed by atoms with Crippen LogP contribution in [0.15, 0.2) is 60.0 Å². The quantitative estimate of drug-likeness (QED) is 0.171. The van der Waals surface area contributed by atoms with Crippen molar-refractivity contribution < 1.29 is 27.4 Å². The summed E-state index contributed by atoms with van der Waals surface area (Å²) in [6.07, 6.45) is 5.97. The number of methoxy groups -OCH3 is 1. The van der Waals surface area contributed by atoms with Crippen molar-refractivity contribution in [3.05, 3.63) is 81.8 Å². The molecule has 0 radical (unpaired) electrons. The van der Waals surface area contributed by atoms with Crippen LogP contribution >= 0.6 is 11.3 Å². The summed E-state index contributed by atoms with van der Waals surface area (Å²) in [5.41, 5.74) is 5.80. The molecule has 1 aliphatic rings. The first-order valence-electron chi connectivity index (χ1n) is 13.2. The van der Waals surface area contributed by atoms with E-state index >= 15 is 0 Å². The van der Waals surface area contributed by atoms with E-state index in [9.17, 15) is 13.8 Å². The third kappa shape index (κ3) is 8.85. The van der Waals surface area contributed by atoms with Gasteiger partial charge >= 0.3 is 17.5 Å². The lowest BCUT2D eigenvalue weighted by molar-refractivity contribution is -0.123. The fraction of sp³-hybridized carbons (Fsp3) is 0.393. The van der Waals surface area contributed by atoms with Crippen molar-refractivity contribution in [1.82, 2.24) is 15.6 Å². The Balaban J connectivity index is 1.55. The summed E-state index contributed by atoms with van der Waals surface area (Å²) >= 11 is -0.912. The molecule has 1 aliphatic carbocycles. The van der Waals surface area contributed by atoms with E-state index in [-0.39, 0.29) is 5.91 Å². The summed E-state index contributed by atoms with van der Waals surface area (Å²) in [6.45, 7) is 0. The molecule has 214 valence electrons. The lowest BCUT2D eigenvalue weighted by Gasteiger charge is -2.23. The Labute approximate surface area is 240 Å². The van der Waals surface area contributed by atoms with Crippen LogP contribution in [0.1, 0.15) is 65.9 Å². The minimum absolute atomic E-state index is 0.298. The van der Waals surface area contributed by atoms with E-state index in [1.165, 1.54) is 37.7 Å². The van der Waals surface area contributed by atoms with E-state index in [0.717, 1.165) is 34.7 Å². The molecule has 1 unspecified atom stereocenters. The first-order chi connectivity index (χ1) is 19.4. The second-order valence-corrected chi connectivity index (χ2v) is 11.2. The summed E-state index contributed by atoms with van der Waals surface area (Å²) in [6, 6.07) is 15.3. The smallest absolute Gasteiger partial charge is 0.407 e. The SMILES string of the molecule is COC(=O)N[C@@H](Cc1ccccc1)C(=O)N[C@@H](Cc1ccc(NOS(=O)O)cc1)c1nc(C2CCCCC2)cs1. The minimum atomic E-state index is -2.44. The highest BCUT2D eigenvalue weighted by Gasteiger charge is 2.27. The zero-order chi connectivity index (χ0) is 28.3. The summed E-state index contributed by atoms with van der Waals surface area (Å²) < 4.78 is 28.9. The maximum absolute atomic E-state index is 13.6. The topological polar surface area (TPSA) is 139 Å². The van der Waals surface area contributed by atoms with Gasteiger partial charge in [0.1, 0.15) is 11.0 Å². The van der Waals surface area contributed by atoms with Gasteiger partial charge in [0.15, 0.2) is 0 Å². The second-order valence-electron chi connectivity index (χ2n) is 9.69. The monoisotopic (exact) mass is 586 g/mol. The summed E-state index contributed by atoms with van der Waals surface area (Å²) in [4.78, 5) is 30.7. The molecule has 3 atom stereocenters. The first kappa shape index (κ1) is 29.7. The highest BCUT2D eigenvalue weighted by Crippen LogP contribution is 2.34. The van der Waals surface area contributed by atoms with Gasteiger partial charge in [0.05, 0.1) is 24.5 Å². The standard InChI is InChI=1S/C28H34N4O6S2/c1-37-28(34)31-23(16-19-8-4-2-5-9-19)26(33)29-24(17-20-12-14-22(15-13-20)32-38-40(35)36)27-30-25(18-39-27)21-10-6-3-7-11-21/h2,4-5,8-9,12-15,18,21,23-24,32H,3,6-7,10-11,16-17H2,1H3,(H,29,33)(H,31,34)(H,35,36)/t23-,24-/m0/s1. The molecular formula is C28H34N4O6S2. The molecule has 12 heteroatoms. The summed E-state index contributed by atoms with van der Waals surface area (Å²) in [5, 5.41) is 8.69. The molecule has 40 heavy (non-hydrogen) atoms. The van der Waals surface area contributed by atoms with Crippen LogP contribution in [0, 0.1) is 0 Å². The molecule has 1 aromatic heterocycles. The summed E-state index contributed by atoms with van der Waals surface area (Å²) in [7, 11) is 1.26. The highest BCUT2D eigenvalue weighted by atomic mass is 32.2. The third-order valence-electron chi connectivity index (χ3n) is 6.88. The Morgan fingerprint density at radius 1 is 1.02 bits per heavy atom. The Hall–Kier alpha value is -3.32. The predicted octanol–water partition coefficient (Wildman–Crippen LogP) is 5.04. The van der Waals surface area contributed by atoms with Gasteiger partial charge < -0.3 is 15.4 Å². The van der Waals surface area contributed by atoms with Crippen molar-refractivity contribution in [3.8, 4) is 0 Å². The molecule has 4 N–H and O–H groups in total. The highest BCUT2D eigenvalue weighted by molar-refractivity contribution is 7.74. The third-order valence-corrected chi connectivity index (χ3v) is 8.08. The number of anilines is 1. The molecule has 3 aromatic rings. The summed E-state index contributed by atoms with van der Waals surface area (Å²) in [5.74, 6) is 0.0927. The van der Waals surface area contributed by atoms with Crippen molar-refractivity contribution in [2.75, 3.05) is 12.6 Å². The van der Waals surface area contributed by atoms with Crippen molar-refractivity contribution in [2.45, 2.75) is 62.9 Å². The number of thiazole rings is 1. The number of alkyl carbamates (subject to hydrolysis) is 1. The first-order valence-corrected chi connectivity index (χ1v) is 15.1. The Bertz CT molecular complexity index is 1270. The van der Waals surface area contributed by atoms with Crippen molar-refractivity contribution >= 4 is 40.4 Å². The number of nitrogens with one attached hydrogen (secondary N) is 3. The number of benzene rings is 2. The Morgan fingerprint density at radius 2 is 1.73 bits per heavy atom. The zero-order valence-corrected chi connectivity index (χ0v) is 23.8. The molecule has 1 fully saturated rings. The molecule has 1 heterocycles. The van der Waals surface area contributed by atoms with Crippen LogP contribution in [0.3, 0.4) is 0 Å². The fourth-order valence-electron chi connectivity index (χ4n) is 4.81.